The van der Waals surface area contributed by atoms with Gasteiger partial charge in [0.2, 0.25) is 5.76 Å². The van der Waals surface area contributed by atoms with Gasteiger partial charge in [-0.15, -0.1) is 0 Å². The minimum atomic E-state index is -0.760. The zero-order chi connectivity index (χ0) is 19.4. The van der Waals surface area contributed by atoms with Gasteiger partial charge in [-0.2, -0.15) is 0 Å². The molecule has 0 amide bonds. The van der Waals surface area contributed by atoms with Crippen LogP contribution in [0.1, 0.15) is 39.3 Å². The molecule has 1 aromatic heterocycles. The Morgan fingerprint density at radius 3 is 2.56 bits per heavy atom. The van der Waals surface area contributed by atoms with Gasteiger partial charge in [-0.05, 0) is 49.7 Å². The summed E-state index contributed by atoms with van der Waals surface area (Å²) in [6.07, 6.45) is 0.457. The lowest BCUT2D eigenvalue weighted by Crippen LogP contribution is -2.11. The van der Waals surface area contributed by atoms with Crippen molar-refractivity contribution in [1.82, 2.24) is 0 Å². The van der Waals surface area contributed by atoms with E-state index in [4.69, 9.17) is 9.15 Å². The van der Waals surface area contributed by atoms with Gasteiger partial charge in [-0.3, -0.25) is 9.59 Å². The summed E-state index contributed by atoms with van der Waals surface area (Å²) in [5, 5.41) is 0.399. The molecule has 0 bridgehead atoms. The second-order valence-corrected chi connectivity index (χ2v) is 6.14. The van der Waals surface area contributed by atoms with Crippen molar-refractivity contribution in [2.24, 2.45) is 0 Å². The minimum absolute atomic E-state index is 0.00140. The Morgan fingerprint density at radius 1 is 1.07 bits per heavy atom. The van der Waals surface area contributed by atoms with Crippen molar-refractivity contribution in [1.29, 1.82) is 0 Å². The molecule has 0 unspecified atom stereocenters. The van der Waals surface area contributed by atoms with E-state index in [0.717, 1.165) is 11.6 Å². The number of aryl methyl sites for hydroxylation is 1. The third kappa shape index (κ3) is 4.47. The number of ketones is 1. The summed E-state index contributed by atoms with van der Waals surface area (Å²) in [5.41, 5.74) is 1.31. The molecule has 0 fully saturated rings. The Kier molecular flexibility index (Phi) is 5.45. The number of esters is 1. The van der Waals surface area contributed by atoms with Crippen LogP contribution in [0.5, 0.6) is 0 Å². The van der Waals surface area contributed by atoms with Gasteiger partial charge in [0.05, 0.1) is 12.0 Å². The van der Waals surface area contributed by atoms with Crippen molar-refractivity contribution in [3.05, 3.63) is 81.5 Å². The Hall–Kier alpha value is -3.28. The number of ether oxygens (including phenoxy) is 1. The molecule has 0 aliphatic carbocycles. The molecule has 0 aliphatic heterocycles. The number of hydrogen-bond donors (Lipinski definition) is 0. The van der Waals surface area contributed by atoms with Gasteiger partial charge in [-0.25, -0.2) is 9.18 Å². The van der Waals surface area contributed by atoms with Crippen LogP contribution in [0, 0.1) is 12.7 Å². The number of carbonyl (C=O) groups is 2. The van der Waals surface area contributed by atoms with Crippen LogP contribution in [0.25, 0.3) is 11.0 Å². The smallest absolute Gasteiger partial charge is 0.374 e. The highest BCUT2D eigenvalue weighted by molar-refractivity contribution is 5.96. The zero-order valence-electron chi connectivity index (χ0n) is 14.7. The molecule has 0 saturated heterocycles. The highest BCUT2D eigenvalue weighted by atomic mass is 19.1. The number of benzene rings is 2. The third-order valence-corrected chi connectivity index (χ3v) is 4.03. The molecule has 6 heteroatoms. The van der Waals surface area contributed by atoms with Crippen molar-refractivity contribution in [3.8, 4) is 0 Å². The maximum atomic E-state index is 12.9. The predicted molar refractivity (Wildman–Crippen MR) is 97.5 cm³/mol. The van der Waals surface area contributed by atoms with Gasteiger partial charge in [0.25, 0.3) is 0 Å². The molecular weight excluding hydrogens is 351 g/mol. The van der Waals surface area contributed by atoms with E-state index < -0.39 is 11.8 Å². The fourth-order valence-corrected chi connectivity index (χ4v) is 2.62. The molecular formula is C21H17FO5. The second-order valence-electron chi connectivity index (χ2n) is 6.14. The summed E-state index contributed by atoms with van der Waals surface area (Å²) in [4.78, 5) is 36.2. The largest absolute Gasteiger partial charge is 0.460 e. The van der Waals surface area contributed by atoms with Gasteiger partial charge in [0.1, 0.15) is 11.4 Å². The minimum Gasteiger partial charge on any atom is -0.460 e. The van der Waals surface area contributed by atoms with Crippen LogP contribution >= 0.6 is 0 Å². The van der Waals surface area contributed by atoms with Crippen LogP contribution in [-0.4, -0.2) is 18.4 Å². The quantitative estimate of drug-likeness (QED) is 0.373. The standard InChI is InChI=1S/C21H17FO5/c1-13-4-9-19-16(11-13)18(24)12-20(27-19)21(25)26-10-2-3-17(23)14-5-7-15(22)8-6-14/h4-9,11-12H,2-3,10H2,1H3. The summed E-state index contributed by atoms with van der Waals surface area (Å²) in [7, 11) is 0. The van der Waals surface area contributed by atoms with Crippen LogP contribution < -0.4 is 5.43 Å². The Bertz CT molecular complexity index is 1050. The fourth-order valence-electron chi connectivity index (χ4n) is 2.62. The number of fused-ring (bicyclic) bond motifs is 1. The summed E-state index contributed by atoms with van der Waals surface area (Å²) < 4.78 is 23.4. The predicted octanol–water partition coefficient (Wildman–Crippen LogP) is 4.06. The van der Waals surface area contributed by atoms with Gasteiger partial charge in [-0.1, -0.05) is 11.6 Å². The van der Waals surface area contributed by atoms with Crippen molar-refractivity contribution in [3.63, 3.8) is 0 Å². The first kappa shape index (κ1) is 18.5. The Morgan fingerprint density at radius 2 is 1.81 bits per heavy atom. The summed E-state index contributed by atoms with van der Waals surface area (Å²) in [6, 6.07) is 11.5. The molecule has 5 nitrogen and oxygen atoms in total. The molecule has 27 heavy (non-hydrogen) atoms. The van der Waals surface area contributed by atoms with E-state index >= 15 is 0 Å². The third-order valence-electron chi connectivity index (χ3n) is 4.03. The topological polar surface area (TPSA) is 73.6 Å². The van der Waals surface area contributed by atoms with Crippen molar-refractivity contribution in [2.45, 2.75) is 19.8 Å². The SMILES string of the molecule is Cc1ccc2oc(C(=O)OCCCC(=O)c3ccc(F)cc3)cc(=O)c2c1. The lowest BCUT2D eigenvalue weighted by molar-refractivity contribution is 0.0459. The molecule has 3 rings (SSSR count). The number of Topliss-reactive ketones (excluding diaryl/α,β-unsaturated/α-hetero) is 1. The molecule has 0 atom stereocenters. The molecule has 3 aromatic rings. The van der Waals surface area contributed by atoms with Crippen molar-refractivity contribution >= 4 is 22.7 Å². The van der Waals surface area contributed by atoms with Gasteiger partial charge in [0, 0.05) is 18.1 Å². The van der Waals surface area contributed by atoms with Crippen molar-refractivity contribution < 1.29 is 23.1 Å². The van der Waals surface area contributed by atoms with Gasteiger partial charge >= 0.3 is 5.97 Å². The molecule has 0 radical (unpaired) electrons. The summed E-state index contributed by atoms with van der Waals surface area (Å²) >= 11 is 0. The summed E-state index contributed by atoms with van der Waals surface area (Å²) in [5.74, 6) is -1.52. The second kappa shape index (κ2) is 7.95. The van der Waals surface area contributed by atoms with E-state index in [1.165, 1.54) is 24.3 Å². The fraction of sp³-hybridized carbons (Fsp3) is 0.190. The van der Waals surface area contributed by atoms with Crippen LogP contribution in [0.4, 0.5) is 4.39 Å². The first-order valence-corrected chi connectivity index (χ1v) is 8.44. The van der Waals surface area contributed by atoms with Gasteiger partial charge < -0.3 is 9.15 Å². The number of halogens is 1. The van der Waals surface area contributed by atoms with E-state index in [-0.39, 0.29) is 30.0 Å². The van der Waals surface area contributed by atoms with E-state index in [0.29, 0.717) is 23.0 Å². The number of rotatable bonds is 6. The van der Waals surface area contributed by atoms with Gasteiger partial charge in [0.15, 0.2) is 11.2 Å². The monoisotopic (exact) mass is 368 g/mol. The average Bonchev–Trinajstić information content (AvgIpc) is 2.65. The lowest BCUT2D eigenvalue weighted by Gasteiger charge is -2.05. The molecule has 138 valence electrons. The maximum absolute atomic E-state index is 12.9. The first-order chi connectivity index (χ1) is 12.9. The van der Waals surface area contributed by atoms with Crippen LogP contribution in [-0.2, 0) is 4.74 Å². The molecule has 1 heterocycles. The zero-order valence-corrected chi connectivity index (χ0v) is 14.7. The summed E-state index contributed by atoms with van der Waals surface area (Å²) in [6.45, 7) is 1.86. The van der Waals surface area contributed by atoms with Crippen LogP contribution in [0.15, 0.2) is 57.7 Å². The van der Waals surface area contributed by atoms with E-state index in [2.05, 4.69) is 0 Å². The molecule has 0 aliphatic rings. The first-order valence-electron chi connectivity index (χ1n) is 8.44. The van der Waals surface area contributed by atoms with E-state index in [1.54, 1.807) is 18.2 Å². The normalized spacial score (nSPS) is 10.7. The highest BCUT2D eigenvalue weighted by Crippen LogP contribution is 2.15. The van der Waals surface area contributed by atoms with E-state index in [9.17, 15) is 18.8 Å². The Balaban J connectivity index is 1.57. The van der Waals surface area contributed by atoms with E-state index in [1.807, 2.05) is 6.92 Å². The highest BCUT2D eigenvalue weighted by Gasteiger charge is 2.14. The Labute approximate surface area is 154 Å². The maximum Gasteiger partial charge on any atom is 0.374 e. The van der Waals surface area contributed by atoms with Crippen LogP contribution in [0.3, 0.4) is 0 Å². The number of carbonyl (C=O) groups excluding carboxylic acids is 2. The van der Waals surface area contributed by atoms with Crippen LogP contribution in [0.2, 0.25) is 0 Å². The molecule has 2 aromatic carbocycles. The lowest BCUT2D eigenvalue weighted by atomic mass is 10.1. The number of hydrogen-bond acceptors (Lipinski definition) is 5. The average molecular weight is 368 g/mol. The molecule has 0 spiro atoms. The van der Waals surface area contributed by atoms with Crippen molar-refractivity contribution in [2.75, 3.05) is 6.61 Å². The molecule has 0 saturated carbocycles. The molecule has 0 N–H and O–H groups in total.